The Balaban J connectivity index is 3.04. The molecule has 0 amide bonds. The number of fused-ring (bicyclic) bond motifs is 1. The number of halogens is 1. The Morgan fingerprint density at radius 1 is 1.31 bits per heavy atom. The SMILES string of the molecule is O=c1[nH]c(=O)c2cc(Br)ccc2s1. The zero-order valence-corrected chi connectivity index (χ0v) is 8.74. The van der Waals surface area contributed by atoms with E-state index in [0.717, 1.165) is 15.8 Å². The van der Waals surface area contributed by atoms with Gasteiger partial charge in [0.2, 0.25) is 0 Å². The summed E-state index contributed by atoms with van der Waals surface area (Å²) in [7, 11) is 0. The maximum absolute atomic E-state index is 11.3. The first-order valence-corrected chi connectivity index (χ1v) is 5.10. The van der Waals surface area contributed by atoms with Crippen LogP contribution < -0.4 is 10.4 Å². The number of benzene rings is 1. The molecule has 3 nitrogen and oxygen atoms in total. The highest BCUT2D eigenvalue weighted by Gasteiger charge is 2.00. The average Bonchev–Trinajstić information content (AvgIpc) is 2.06. The summed E-state index contributed by atoms with van der Waals surface area (Å²) in [6.07, 6.45) is 0. The Morgan fingerprint density at radius 3 is 2.85 bits per heavy atom. The Kier molecular flexibility index (Phi) is 2.05. The van der Waals surface area contributed by atoms with Crippen LogP contribution in [0.5, 0.6) is 0 Å². The highest BCUT2D eigenvalue weighted by molar-refractivity contribution is 9.10. The van der Waals surface area contributed by atoms with Gasteiger partial charge in [-0.2, -0.15) is 0 Å². The number of aromatic nitrogens is 1. The number of aromatic amines is 1. The normalized spacial score (nSPS) is 10.5. The summed E-state index contributed by atoms with van der Waals surface area (Å²) in [5.74, 6) is 0. The maximum Gasteiger partial charge on any atom is 0.307 e. The molecule has 66 valence electrons. The third-order valence-electron chi connectivity index (χ3n) is 1.60. The standard InChI is InChI=1S/C8H4BrNO2S/c9-4-1-2-6-5(3-4)7(11)10-8(12)13-6/h1-3H,(H,10,11,12). The van der Waals surface area contributed by atoms with Crippen LogP contribution in [-0.4, -0.2) is 4.98 Å². The van der Waals surface area contributed by atoms with Crippen molar-refractivity contribution in [1.82, 2.24) is 4.98 Å². The van der Waals surface area contributed by atoms with Crippen LogP contribution in [0.4, 0.5) is 0 Å². The van der Waals surface area contributed by atoms with Gasteiger partial charge in [0.25, 0.3) is 5.56 Å². The molecule has 0 fully saturated rings. The second-order valence-electron chi connectivity index (χ2n) is 2.48. The molecule has 1 aromatic heterocycles. The second kappa shape index (κ2) is 3.08. The van der Waals surface area contributed by atoms with E-state index in [2.05, 4.69) is 20.9 Å². The topological polar surface area (TPSA) is 49.9 Å². The molecule has 0 saturated heterocycles. The second-order valence-corrected chi connectivity index (χ2v) is 4.41. The lowest BCUT2D eigenvalue weighted by Gasteiger charge is -1.94. The fourth-order valence-corrected chi connectivity index (χ4v) is 2.16. The lowest BCUT2D eigenvalue weighted by atomic mass is 10.3. The van der Waals surface area contributed by atoms with Crippen molar-refractivity contribution in [2.45, 2.75) is 0 Å². The summed E-state index contributed by atoms with van der Waals surface area (Å²) in [5.41, 5.74) is -0.333. The van der Waals surface area contributed by atoms with Crippen molar-refractivity contribution in [2.24, 2.45) is 0 Å². The van der Waals surface area contributed by atoms with E-state index in [4.69, 9.17) is 0 Å². The molecule has 2 aromatic rings. The van der Waals surface area contributed by atoms with Crippen LogP contribution in [-0.2, 0) is 0 Å². The van der Waals surface area contributed by atoms with Crippen LogP contribution in [0.3, 0.4) is 0 Å². The molecule has 0 bridgehead atoms. The quantitative estimate of drug-likeness (QED) is 0.782. The molecule has 0 aliphatic rings. The lowest BCUT2D eigenvalue weighted by molar-refractivity contribution is 1.25. The first-order chi connectivity index (χ1) is 6.16. The first-order valence-electron chi connectivity index (χ1n) is 3.49. The van der Waals surface area contributed by atoms with E-state index in [0.29, 0.717) is 10.1 Å². The predicted molar refractivity (Wildman–Crippen MR) is 56.4 cm³/mol. The van der Waals surface area contributed by atoms with Gasteiger partial charge >= 0.3 is 4.87 Å². The minimum Gasteiger partial charge on any atom is -0.280 e. The Hall–Kier alpha value is -0.940. The minimum atomic E-state index is -0.333. The molecule has 13 heavy (non-hydrogen) atoms. The number of rotatable bonds is 0. The minimum absolute atomic E-state index is 0.320. The van der Waals surface area contributed by atoms with Crippen molar-refractivity contribution in [3.63, 3.8) is 0 Å². The largest absolute Gasteiger partial charge is 0.307 e. The molecule has 5 heteroatoms. The van der Waals surface area contributed by atoms with Crippen LogP contribution in [0.15, 0.2) is 32.3 Å². The predicted octanol–water partition coefficient (Wildman–Crippen LogP) is 1.71. The van der Waals surface area contributed by atoms with E-state index in [1.54, 1.807) is 18.2 Å². The third-order valence-corrected chi connectivity index (χ3v) is 2.96. The summed E-state index contributed by atoms with van der Waals surface area (Å²) < 4.78 is 1.54. The fourth-order valence-electron chi connectivity index (χ4n) is 1.05. The molecule has 1 aromatic carbocycles. The molecule has 0 aliphatic heterocycles. The highest BCUT2D eigenvalue weighted by Crippen LogP contribution is 2.17. The Morgan fingerprint density at radius 2 is 2.08 bits per heavy atom. The highest BCUT2D eigenvalue weighted by atomic mass is 79.9. The van der Waals surface area contributed by atoms with Gasteiger partial charge in [0, 0.05) is 9.17 Å². The Bertz CT molecular complexity index is 572. The molecule has 0 aliphatic carbocycles. The van der Waals surface area contributed by atoms with Crippen molar-refractivity contribution in [3.8, 4) is 0 Å². The summed E-state index contributed by atoms with van der Waals surface area (Å²) in [4.78, 5) is 24.1. The average molecular weight is 258 g/mol. The molecule has 0 spiro atoms. The molecular weight excluding hydrogens is 254 g/mol. The van der Waals surface area contributed by atoms with E-state index in [-0.39, 0.29) is 10.4 Å². The van der Waals surface area contributed by atoms with E-state index >= 15 is 0 Å². The monoisotopic (exact) mass is 257 g/mol. The Labute approximate surface area is 85.2 Å². The van der Waals surface area contributed by atoms with Gasteiger partial charge in [0.05, 0.1) is 5.39 Å². The van der Waals surface area contributed by atoms with E-state index in [1.165, 1.54) is 0 Å². The first kappa shape index (κ1) is 8.65. The van der Waals surface area contributed by atoms with Gasteiger partial charge in [0.1, 0.15) is 0 Å². The molecule has 0 saturated carbocycles. The van der Waals surface area contributed by atoms with Gasteiger partial charge in [-0.1, -0.05) is 27.3 Å². The van der Waals surface area contributed by atoms with Gasteiger partial charge in [-0.25, -0.2) is 0 Å². The molecular formula is C8H4BrNO2S. The molecule has 0 radical (unpaired) electrons. The maximum atomic E-state index is 11.3. The lowest BCUT2D eigenvalue weighted by Crippen LogP contribution is -2.15. The molecule has 1 N–H and O–H groups in total. The molecule has 0 atom stereocenters. The number of nitrogens with one attached hydrogen (secondary N) is 1. The summed E-state index contributed by atoms with van der Waals surface area (Å²) in [6.45, 7) is 0. The zero-order chi connectivity index (χ0) is 9.42. The van der Waals surface area contributed by atoms with Crippen LogP contribution >= 0.6 is 27.3 Å². The van der Waals surface area contributed by atoms with Gasteiger partial charge in [-0.05, 0) is 18.2 Å². The zero-order valence-electron chi connectivity index (χ0n) is 6.33. The van der Waals surface area contributed by atoms with Gasteiger partial charge in [-0.3, -0.25) is 14.6 Å². The summed E-state index contributed by atoms with van der Waals surface area (Å²) >= 11 is 4.29. The van der Waals surface area contributed by atoms with E-state index in [9.17, 15) is 9.59 Å². The van der Waals surface area contributed by atoms with Crippen LogP contribution in [0.1, 0.15) is 0 Å². The van der Waals surface area contributed by atoms with Gasteiger partial charge in [0.15, 0.2) is 0 Å². The molecule has 2 rings (SSSR count). The van der Waals surface area contributed by atoms with Crippen LogP contribution in [0.25, 0.3) is 10.1 Å². The fraction of sp³-hybridized carbons (Fsp3) is 0. The van der Waals surface area contributed by atoms with Gasteiger partial charge < -0.3 is 0 Å². The molecule has 1 heterocycles. The van der Waals surface area contributed by atoms with E-state index in [1.807, 2.05) is 0 Å². The third kappa shape index (κ3) is 1.57. The van der Waals surface area contributed by atoms with Crippen molar-refractivity contribution in [2.75, 3.05) is 0 Å². The van der Waals surface area contributed by atoms with Gasteiger partial charge in [-0.15, -0.1) is 0 Å². The van der Waals surface area contributed by atoms with E-state index < -0.39 is 0 Å². The number of hydrogen-bond donors (Lipinski definition) is 1. The summed E-state index contributed by atoms with van der Waals surface area (Å²) in [6, 6.07) is 5.25. The van der Waals surface area contributed by atoms with Crippen molar-refractivity contribution in [1.29, 1.82) is 0 Å². The number of H-pyrrole nitrogens is 1. The van der Waals surface area contributed by atoms with Crippen LogP contribution in [0, 0.1) is 0 Å². The molecule has 0 unspecified atom stereocenters. The van der Waals surface area contributed by atoms with Crippen molar-refractivity contribution in [3.05, 3.63) is 42.7 Å². The number of hydrogen-bond acceptors (Lipinski definition) is 3. The van der Waals surface area contributed by atoms with Crippen molar-refractivity contribution < 1.29 is 0 Å². The van der Waals surface area contributed by atoms with Crippen LogP contribution in [0.2, 0.25) is 0 Å². The summed E-state index contributed by atoms with van der Waals surface area (Å²) in [5, 5.41) is 0.541. The van der Waals surface area contributed by atoms with Crippen molar-refractivity contribution >= 4 is 37.4 Å². The smallest absolute Gasteiger partial charge is 0.280 e.